The summed E-state index contributed by atoms with van der Waals surface area (Å²) in [6.07, 6.45) is 6.15. The highest BCUT2D eigenvalue weighted by molar-refractivity contribution is 9.10. The zero-order valence-electron chi connectivity index (χ0n) is 12.2. The Morgan fingerprint density at radius 2 is 2.14 bits per heavy atom. The molecule has 0 fully saturated rings. The van der Waals surface area contributed by atoms with Gasteiger partial charge in [0.2, 0.25) is 0 Å². The van der Waals surface area contributed by atoms with E-state index in [9.17, 15) is 8.78 Å². The molecule has 4 nitrogen and oxygen atoms in total. The third kappa shape index (κ3) is 4.98. The Hall–Kier alpha value is -1.63. The highest BCUT2D eigenvalue weighted by atomic mass is 79.9. The van der Waals surface area contributed by atoms with Gasteiger partial charge in [0.05, 0.1) is 0 Å². The summed E-state index contributed by atoms with van der Waals surface area (Å²) in [4.78, 5) is 4.15. The van der Waals surface area contributed by atoms with Gasteiger partial charge in [-0.25, -0.2) is 0 Å². The van der Waals surface area contributed by atoms with Crippen LogP contribution >= 0.6 is 15.9 Å². The van der Waals surface area contributed by atoms with E-state index in [1.54, 1.807) is 19.2 Å². The minimum atomic E-state index is -2.85. The maximum atomic E-state index is 12.4. The monoisotopic (exact) mass is 373 g/mol. The minimum absolute atomic E-state index is 0.156. The first-order valence-electron chi connectivity index (χ1n) is 6.94. The van der Waals surface area contributed by atoms with E-state index >= 15 is 0 Å². The second kappa shape index (κ2) is 8.12. The van der Waals surface area contributed by atoms with Crippen LogP contribution in [0.3, 0.4) is 0 Å². The summed E-state index contributed by atoms with van der Waals surface area (Å²) in [7, 11) is 1.68. The standard InChI is InChI=1S/C15H18BrF2N3O/c1-19-15(21-12-4-2-3-5-12)20-9-10-8-11(16)6-7-13(10)22-14(17)18/h2-3,6-8,12,14H,4-5,9H2,1H3,(H2,19,20,21). The van der Waals surface area contributed by atoms with Gasteiger partial charge in [-0.2, -0.15) is 8.78 Å². The number of benzene rings is 1. The number of guanidine groups is 1. The molecular formula is C15H18BrF2N3O. The van der Waals surface area contributed by atoms with E-state index in [1.165, 1.54) is 6.07 Å². The van der Waals surface area contributed by atoms with Gasteiger partial charge in [-0.3, -0.25) is 4.99 Å². The average Bonchev–Trinajstić information content (AvgIpc) is 2.98. The smallest absolute Gasteiger partial charge is 0.387 e. The van der Waals surface area contributed by atoms with E-state index in [0.717, 1.165) is 17.3 Å². The fourth-order valence-corrected chi connectivity index (χ4v) is 2.61. The van der Waals surface area contributed by atoms with Crippen molar-refractivity contribution < 1.29 is 13.5 Å². The highest BCUT2D eigenvalue weighted by Crippen LogP contribution is 2.24. The van der Waals surface area contributed by atoms with Gasteiger partial charge in [0.25, 0.3) is 0 Å². The van der Waals surface area contributed by atoms with Crippen LogP contribution in [-0.4, -0.2) is 25.7 Å². The van der Waals surface area contributed by atoms with Crippen LogP contribution < -0.4 is 15.4 Å². The molecule has 120 valence electrons. The van der Waals surface area contributed by atoms with Crippen molar-refractivity contribution in [1.82, 2.24) is 10.6 Å². The number of ether oxygens (including phenoxy) is 1. The molecule has 0 amide bonds. The second-order valence-corrected chi connectivity index (χ2v) is 5.76. The Kier molecular flexibility index (Phi) is 6.18. The summed E-state index contributed by atoms with van der Waals surface area (Å²) in [6.45, 7) is -2.51. The van der Waals surface area contributed by atoms with Crippen LogP contribution in [0.25, 0.3) is 0 Å². The lowest BCUT2D eigenvalue weighted by atomic mass is 10.2. The van der Waals surface area contributed by atoms with Crippen molar-refractivity contribution in [2.75, 3.05) is 7.05 Å². The predicted molar refractivity (Wildman–Crippen MR) is 86.3 cm³/mol. The average molecular weight is 374 g/mol. The topological polar surface area (TPSA) is 45.7 Å². The summed E-state index contributed by atoms with van der Waals surface area (Å²) in [5.41, 5.74) is 0.627. The summed E-state index contributed by atoms with van der Waals surface area (Å²) in [5, 5.41) is 6.41. The summed E-state index contributed by atoms with van der Waals surface area (Å²) < 4.78 is 30.2. The van der Waals surface area contributed by atoms with E-state index in [-0.39, 0.29) is 5.75 Å². The highest BCUT2D eigenvalue weighted by Gasteiger charge is 2.13. The van der Waals surface area contributed by atoms with Crippen molar-refractivity contribution >= 4 is 21.9 Å². The molecule has 1 aliphatic carbocycles. The summed E-state index contributed by atoms with van der Waals surface area (Å²) in [6, 6.07) is 5.25. The Morgan fingerprint density at radius 3 is 2.77 bits per heavy atom. The lowest BCUT2D eigenvalue weighted by molar-refractivity contribution is -0.0504. The van der Waals surface area contributed by atoms with Crippen LogP contribution in [0.15, 0.2) is 39.8 Å². The number of hydrogen-bond acceptors (Lipinski definition) is 2. The molecule has 2 N–H and O–H groups in total. The number of nitrogens with zero attached hydrogens (tertiary/aromatic N) is 1. The van der Waals surface area contributed by atoms with Crippen molar-refractivity contribution in [3.63, 3.8) is 0 Å². The zero-order chi connectivity index (χ0) is 15.9. The molecule has 0 aliphatic heterocycles. The Bertz CT molecular complexity index is 556. The third-order valence-corrected chi connectivity index (χ3v) is 3.75. The normalized spacial score (nSPS) is 15.4. The van der Waals surface area contributed by atoms with Gasteiger partial charge in [0.1, 0.15) is 5.75 Å². The fourth-order valence-electron chi connectivity index (χ4n) is 2.20. The van der Waals surface area contributed by atoms with Gasteiger partial charge in [-0.05, 0) is 31.0 Å². The van der Waals surface area contributed by atoms with Crippen LogP contribution in [0, 0.1) is 0 Å². The maximum Gasteiger partial charge on any atom is 0.387 e. The van der Waals surface area contributed by atoms with E-state index in [1.807, 2.05) is 0 Å². The largest absolute Gasteiger partial charge is 0.434 e. The van der Waals surface area contributed by atoms with Crippen LogP contribution in [0.5, 0.6) is 5.75 Å². The molecule has 0 unspecified atom stereocenters. The second-order valence-electron chi connectivity index (χ2n) is 4.84. The number of halogens is 3. The van der Waals surface area contributed by atoms with Gasteiger partial charge in [0.15, 0.2) is 5.96 Å². The van der Waals surface area contributed by atoms with Gasteiger partial charge < -0.3 is 15.4 Å². The molecule has 22 heavy (non-hydrogen) atoms. The molecule has 0 radical (unpaired) electrons. The Balaban J connectivity index is 1.98. The number of alkyl halides is 2. The van der Waals surface area contributed by atoms with Crippen LogP contribution in [-0.2, 0) is 6.54 Å². The van der Waals surface area contributed by atoms with Gasteiger partial charge in [0, 0.05) is 29.7 Å². The first kappa shape index (κ1) is 16.7. The van der Waals surface area contributed by atoms with Crippen LogP contribution in [0.1, 0.15) is 18.4 Å². The van der Waals surface area contributed by atoms with E-state index < -0.39 is 6.61 Å². The predicted octanol–water partition coefficient (Wildman–Crippen LogP) is 3.43. The molecule has 2 rings (SSSR count). The summed E-state index contributed by atoms with van der Waals surface area (Å²) in [5.74, 6) is 0.792. The number of aliphatic imine (C=N–C) groups is 1. The minimum Gasteiger partial charge on any atom is -0.434 e. The van der Waals surface area contributed by atoms with Crippen molar-refractivity contribution in [3.05, 3.63) is 40.4 Å². The van der Waals surface area contributed by atoms with Crippen LogP contribution in [0.4, 0.5) is 8.78 Å². The molecule has 0 saturated heterocycles. The molecule has 0 aromatic heterocycles. The number of hydrogen-bond donors (Lipinski definition) is 2. The quantitative estimate of drug-likeness (QED) is 0.472. The first-order valence-corrected chi connectivity index (χ1v) is 7.73. The van der Waals surface area contributed by atoms with Gasteiger partial charge in [-0.15, -0.1) is 0 Å². The lowest BCUT2D eigenvalue weighted by Gasteiger charge is -2.18. The molecule has 0 spiro atoms. The molecule has 0 heterocycles. The van der Waals surface area contributed by atoms with E-state index in [4.69, 9.17) is 0 Å². The van der Waals surface area contributed by atoms with Crippen LogP contribution in [0.2, 0.25) is 0 Å². The molecular weight excluding hydrogens is 356 g/mol. The van der Waals surface area contributed by atoms with Crippen molar-refractivity contribution in [3.8, 4) is 5.75 Å². The van der Waals surface area contributed by atoms with Gasteiger partial charge in [-0.1, -0.05) is 28.1 Å². The van der Waals surface area contributed by atoms with Crippen molar-refractivity contribution in [2.24, 2.45) is 4.99 Å². The Morgan fingerprint density at radius 1 is 1.41 bits per heavy atom. The number of rotatable bonds is 5. The fraction of sp³-hybridized carbons (Fsp3) is 0.400. The zero-order valence-corrected chi connectivity index (χ0v) is 13.7. The van der Waals surface area contributed by atoms with E-state index in [0.29, 0.717) is 24.1 Å². The molecule has 0 atom stereocenters. The summed E-state index contributed by atoms with van der Waals surface area (Å²) >= 11 is 3.33. The third-order valence-electron chi connectivity index (χ3n) is 3.26. The lowest BCUT2D eigenvalue weighted by Crippen LogP contribution is -2.42. The molecule has 0 saturated carbocycles. The van der Waals surface area contributed by atoms with Gasteiger partial charge >= 0.3 is 6.61 Å². The van der Waals surface area contributed by atoms with Crippen molar-refractivity contribution in [2.45, 2.75) is 32.0 Å². The molecule has 1 aromatic rings. The first-order chi connectivity index (χ1) is 10.6. The van der Waals surface area contributed by atoms with E-state index in [2.05, 4.69) is 48.4 Å². The maximum absolute atomic E-state index is 12.4. The van der Waals surface area contributed by atoms with Crippen molar-refractivity contribution in [1.29, 1.82) is 0 Å². The molecule has 7 heteroatoms. The molecule has 1 aromatic carbocycles. The Labute approximate surface area is 136 Å². The molecule has 1 aliphatic rings. The molecule has 0 bridgehead atoms. The number of nitrogens with one attached hydrogen (secondary N) is 2. The SMILES string of the molecule is CN=C(NCc1cc(Br)ccc1OC(F)F)NC1CC=CC1.